The fourth-order valence-corrected chi connectivity index (χ4v) is 6.14. The highest BCUT2D eigenvalue weighted by atomic mass is 35.5. The Labute approximate surface area is 222 Å². The summed E-state index contributed by atoms with van der Waals surface area (Å²) >= 11 is 12.4. The van der Waals surface area contributed by atoms with Crippen molar-refractivity contribution in [2.75, 3.05) is 0 Å². The molecule has 3 aromatic carbocycles. The molecule has 1 amide bonds. The molecule has 3 aromatic rings. The second-order valence-corrected chi connectivity index (χ2v) is 10.3. The van der Waals surface area contributed by atoms with E-state index in [4.69, 9.17) is 32.7 Å². The first kappa shape index (κ1) is 24.1. The maximum atomic E-state index is 13.9. The van der Waals surface area contributed by atoms with Crippen LogP contribution >= 0.6 is 23.2 Å². The Morgan fingerprint density at radius 1 is 1.00 bits per heavy atom. The molecule has 0 radical (unpaired) electrons. The van der Waals surface area contributed by atoms with Crippen molar-refractivity contribution in [3.05, 3.63) is 105 Å². The third kappa shape index (κ3) is 3.25. The van der Waals surface area contributed by atoms with E-state index in [1.807, 2.05) is 37.3 Å². The molecule has 37 heavy (non-hydrogen) atoms. The van der Waals surface area contributed by atoms with Gasteiger partial charge in [0.25, 0.3) is 5.79 Å². The highest BCUT2D eigenvalue weighted by molar-refractivity contribution is 6.42. The van der Waals surface area contributed by atoms with Gasteiger partial charge in [0.2, 0.25) is 17.3 Å². The van der Waals surface area contributed by atoms with Crippen LogP contribution < -0.4 is 5.32 Å². The van der Waals surface area contributed by atoms with Crippen LogP contribution in [0.5, 0.6) is 0 Å². The van der Waals surface area contributed by atoms with E-state index in [9.17, 15) is 19.5 Å². The number of fused-ring (bicyclic) bond motifs is 2. The molecule has 1 spiro atoms. The molecule has 7 nitrogen and oxygen atoms in total. The number of benzene rings is 3. The van der Waals surface area contributed by atoms with Gasteiger partial charge in [0.15, 0.2) is 0 Å². The molecule has 0 aromatic heterocycles. The normalized spacial score (nSPS) is 30.3. The topological polar surface area (TPSA) is 102 Å². The fraction of sp³-hybridized carbons (Fsp3) is 0.250. The number of carbonyl (C=O) groups excluding carboxylic acids is 3. The van der Waals surface area contributed by atoms with Crippen molar-refractivity contribution in [3.63, 3.8) is 0 Å². The second kappa shape index (κ2) is 8.39. The summed E-state index contributed by atoms with van der Waals surface area (Å²) < 4.78 is 11.8. The average Bonchev–Trinajstić information content (AvgIpc) is 3.43. The molecule has 9 heteroatoms. The minimum Gasteiger partial charge on any atom is -0.425 e. The van der Waals surface area contributed by atoms with E-state index in [1.165, 1.54) is 18.2 Å². The van der Waals surface area contributed by atoms with Crippen LogP contribution in [0.25, 0.3) is 0 Å². The van der Waals surface area contributed by atoms with Crippen molar-refractivity contribution in [2.45, 2.75) is 30.5 Å². The molecule has 188 valence electrons. The number of esters is 1. The number of rotatable bonds is 4. The summed E-state index contributed by atoms with van der Waals surface area (Å²) in [5.41, 5.74) is -0.547. The Kier molecular flexibility index (Phi) is 5.47. The largest absolute Gasteiger partial charge is 0.425 e. The summed E-state index contributed by atoms with van der Waals surface area (Å²) in [6.45, 7) is 1.81. The Balaban J connectivity index is 1.48. The zero-order chi connectivity index (χ0) is 26.1. The number of ketones is 1. The quantitative estimate of drug-likeness (QED) is 0.474. The van der Waals surface area contributed by atoms with E-state index >= 15 is 0 Å². The monoisotopic (exact) mass is 537 g/mol. The lowest BCUT2D eigenvalue weighted by Crippen LogP contribution is -2.53. The van der Waals surface area contributed by atoms with Gasteiger partial charge in [0.1, 0.15) is 5.92 Å². The van der Waals surface area contributed by atoms with E-state index in [1.54, 1.807) is 24.3 Å². The maximum absolute atomic E-state index is 13.9. The highest BCUT2D eigenvalue weighted by Crippen LogP contribution is 2.65. The van der Waals surface area contributed by atoms with Gasteiger partial charge in [-0.1, -0.05) is 83.9 Å². The van der Waals surface area contributed by atoms with Gasteiger partial charge in [0, 0.05) is 11.1 Å². The molecule has 2 aliphatic heterocycles. The fourth-order valence-electron chi connectivity index (χ4n) is 5.83. The molecule has 3 aliphatic rings. The number of nitrogens with one attached hydrogen (secondary N) is 1. The van der Waals surface area contributed by atoms with Gasteiger partial charge in [0.05, 0.1) is 28.1 Å². The minimum absolute atomic E-state index is 0.127. The van der Waals surface area contributed by atoms with Crippen LogP contribution in [0.4, 0.5) is 0 Å². The molecule has 2 saturated heterocycles. The lowest BCUT2D eigenvalue weighted by molar-refractivity contribution is -0.253. The molecule has 0 bridgehead atoms. The van der Waals surface area contributed by atoms with Gasteiger partial charge >= 0.3 is 5.97 Å². The number of halogens is 2. The smallest absolute Gasteiger partial charge is 0.316 e. The number of carbonyl (C=O) groups is 3. The molecule has 6 atom stereocenters. The molecule has 2 fully saturated rings. The van der Waals surface area contributed by atoms with E-state index in [0.717, 1.165) is 5.56 Å². The molecule has 0 unspecified atom stereocenters. The number of Topliss-reactive ketones (excluding diaryl/α,β-unsaturated/α-hetero) is 1. The van der Waals surface area contributed by atoms with Crippen molar-refractivity contribution >= 4 is 40.9 Å². The predicted molar refractivity (Wildman–Crippen MR) is 134 cm³/mol. The van der Waals surface area contributed by atoms with Crippen LogP contribution in [-0.4, -0.2) is 28.4 Å². The zero-order valence-electron chi connectivity index (χ0n) is 19.5. The van der Waals surface area contributed by atoms with Gasteiger partial charge in [-0.25, -0.2) is 0 Å². The number of hydrogen-bond donors (Lipinski definition) is 2. The van der Waals surface area contributed by atoms with Gasteiger partial charge in [-0.2, -0.15) is 0 Å². The summed E-state index contributed by atoms with van der Waals surface area (Å²) in [5.74, 6) is -7.02. The number of aliphatic hydroxyl groups is 1. The Bertz CT molecular complexity index is 1460. The van der Waals surface area contributed by atoms with E-state index in [2.05, 4.69) is 5.32 Å². The predicted octanol–water partition coefficient (Wildman–Crippen LogP) is 4.51. The summed E-state index contributed by atoms with van der Waals surface area (Å²) in [4.78, 5) is 41.1. The number of ether oxygens (including phenoxy) is 2. The first-order valence-electron chi connectivity index (χ1n) is 11.8. The van der Waals surface area contributed by atoms with Crippen LogP contribution in [0.15, 0.2) is 72.8 Å². The average molecular weight is 538 g/mol. The number of amides is 1. The van der Waals surface area contributed by atoms with E-state index in [-0.39, 0.29) is 16.1 Å². The minimum atomic E-state index is -2.38. The van der Waals surface area contributed by atoms with Crippen LogP contribution in [0.1, 0.15) is 46.1 Å². The van der Waals surface area contributed by atoms with Crippen molar-refractivity contribution in [1.29, 1.82) is 0 Å². The molecular weight excluding hydrogens is 517 g/mol. The van der Waals surface area contributed by atoms with Crippen molar-refractivity contribution in [1.82, 2.24) is 5.32 Å². The van der Waals surface area contributed by atoms with E-state index < -0.39 is 53.0 Å². The van der Waals surface area contributed by atoms with Gasteiger partial charge < -0.3 is 19.9 Å². The van der Waals surface area contributed by atoms with Crippen molar-refractivity contribution in [2.24, 2.45) is 11.8 Å². The Morgan fingerprint density at radius 3 is 2.43 bits per heavy atom. The van der Waals surface area contributed by atoms with Gasteiger partial charge in [-0.15, -0.1) is 0 Å². The lowest BCUT2D eigenvalue weighted by atomic mass is 9.75. The van der Waals surface area contributed by atoms with Crippen LogP contribution in [-0.2, 0) is 24.8 Å². The Hall–Kier alpha value is -3.23. The van der Waals surface area contributed by atoms with Gasteiger partial charge in [-0.05, 0) is 30.2 Å². The SMILES string of the molecule is C[C@@H](NC(=O)[C@H]1[C@H]2C(=O)O[C@]3(O)c4ccccc4C(=O)[C@]23O[C@H]1c1ccc(Cl)c(Cl)c1)c1ccccc1. The molecular formula is C28H21Cl2NO6. The lowest BCUT2D eigenvalue weighted by Gasteiger charge is -2.31. The third-order valence-electron chi connectivity index (χ3n) is 7.55. The Morgan fingerprint density at radius 2 is 1.70 bits per heavy atom. The first-order valence-corrected chi connectivity index (χ1v) is 12.5. The molecule has 6 rings (SSSR count). The van der Waals surface area contributed by atoms with Crippen molar-refractivity contribution in [3.8, 4) is 0 Å². The standard InChI is InChI=1S/C28H21Cl2NO6/c1-14(15-7-3-2-4-8-15)31-25(33)21-22-26(34)37-28(35)18-10-6-5-9-17(18)24(32)27(22,28)36-23(21)16-11-12-19(29)20(30)13-16/h2-14,21-23,35H,1H3,(H,31,33)/t14-,21+,22+,23+,27-,28-/m1/s1. The molecule has 1 aliphatic carbocycles. The van der Waals surface area contributed by atoms with Crippen molar-refractivity contribution < 1.29 is 29.0 Å². The maximum Gasteiger partial charge on any atom is 0.316 e. The first-order chi connectivity index (χ1) is 17.7. The van der Waals surface area contributed by atoms with Crippen LogP contribution in [0.2, 0.25) is 10.0 Å². The summed E-state index contributed by atoms with van der Waals surface area (Å²) in [6, 6.07) is 19.9. The van der Waals surface area contributed by atoms with Crippen LogP contribution in [0.3, 0.4) is 0 Å². The van der Waals surface area contributed by atoms with Crippen LogP contribution in [0, 0.1) is 11.8 Å². The van der Waals surface area contributed by atoms with E-state index in [0.29, 0.717) is 10.6 Å². The summed E-state index contributed by atoms with van der Waals surface area (Å²) in [6.07, 6.45) is -1.10. The highest BCUT2D eigenvalue weighted by Gasteiger charge is 2.83. The number of hydrogen-bond acceptors (Lipinski definition) is 6. The summed E-state index contributed by atoms with van der Waals surface area (Å²) in [5, 5.41) is 15.2. The van der Waals surface area contributed by atoms with Gasteiger partial charge in [-0.3, -0.25) is 14.4 Å². The molecule has 2 N–H and O–H groups in total. The third-order valence-corrected chi connectivity index (χ3v) is 8.29. The second-order valence-electron chi connectivity index (χ2n) is 9.53. The molecule has 0 saturated carbocycles. The molecule has 2 heterocycles. The zero-order valence-corrected chi connectivity index (χ0v) is 21.0. The summed E-state index contributed by atoms with van der Waals surface area (Å²) in [7, 11) is 0.